The van der Waals surface area contributed by atoms with Gasteiger partial charge in [-0.1, -0.05) is 49.2 Å². The van der Waals surface area contributed by atoms with Crippen LogP contribution >= 0.6 is 0 Å². The van der Waals surface area contributed by atoms with Crippen LogP contribution in [0, 0.1) is 12.8 Å². The molecule has 1 N–H and O–H groups in total. The summed E-state index contributed by atoms with van der Waals surface area (Å²) in [6, 6.07) is 19.2. The minimum absolute atomic E-state index is 0.142. The Bertz CT molecular complexity index is 1540. The minimum atomic E-state index is -2.81. The smallest absolute Gasteiger partial charge is 0.307 e. The van der Waals surface area contributed by atoms with Crippen molar-refractivity contribution in [3.05, 3.63) is 89.5 Å². The van der Waals surface area contributed by atoms with Crippen LogP contribution < -0.4 is 4.74 Å². The first-order valence-electron chi connectivity index (χ1n) is 14.7. The van der Waals surface area contributed by atoms with Crippen LogP contribution in [0.3, 0.4) is 0 Å². The third-order valence-corrected chi connectivity index (χ3v) is 8.57. The third kappa shape index (κ3) is 5.88. The van der Waals surface area contributed by atoms with Crippen molar-refractivity contribution in [3.63, 3.8) is 0 Å². The number of fused-ring (bicyclic) bond motifs is 1. The molecule has 7 nitrogen and oxygen atoms in total. The monoisotopic (exact) mass is 574 g/mol. The number of hydrogen-bond donors (Lipinski definition) is 1. The molecule has 9 heteroatoms. The lowest BCUT2D eigenvalue weighted by Gasteiger charge is -2.40. The maximum Gasteiger partial charge on any atom is 0.307 e. The Hall–Kier alpha value is -3.85. The Kier molecular flexibility index (Phi) is 7.94. The van der Waals surface area contributed by atoms with Crippen molar-refractivity contribution < 1.29 is 23.4 Å². The summed E-state index contributed by atoms with van der Waals surface area (Å²) in [7, 11) is 0. The number of carbonyl (C=O) groups is 1. The first-order valence-corrected chi connectivity index (χ1v) is 14.7. The lowest BCUT2D eigenvalue weighted by atomic mass is 9.78. The maximum atomic E-state index is 14.9. The van der Waals surface area contributed by atoms with Crippen LogP contribution in [-0.2, 0) is 11.4 Å². The number of aryl methyl sites for hydroxylation is 1. The number of aliphatic carboxylic acids is 1. The van der Waals surface area contributed by atoms with E-state index in [1.54, 1.807) is 6.20 Å². The molecule has 2 aromatic heterocycles. The second kappa shape index (κ2) is 11.8. The molecule has 0 spiro atoms. The largest absolute Gasteiger partial charge is 0.487 e. The molecule has 2 aromatic carbocycles. The fourth-order valence-electron chi connectivity index (χ4n) is 6.53. The number of carboxylic acid groups (broad SMARTS) is 1. The molecule has 42 heavy (non-hydrogen) atoms. The number of nitrogens with zero attached hydrogens (tertiary/aromatic N) is 4. The topological polar surface area (TPSA) is 80.5 Å². The van der Waals surface area contributed by atoms with Gasteiger partial charge in [0, 0.05) is 31.1 Å². The lowest BCUT2D eigenvalue weighted by molar-refractivity contribution is -0.143. The molecule has 3 atom stereocenters. The summed E-state index contributed by atoms with van der Waals surface area (Å²) in [6.45, 7) is 2.37. The molecule has 0 amide bonds. The van der Waals surface area contributed by atoms with Gasteiger partial charge in [-0.05, 0) is 55.5 Å². The number of pyridine rings is 1. The normalized spacial score (nSPS) is 21.7. The quantitative estimate of drug-likeness (QED) is 0.245. The van der Waals surface area contributed by atoms with Crippen LogP contribution in [0.1, 0.15) is 73.3 Å². The average Bonchev–Trinajstić information content (AvgIpc) is 3.35. The van der Waals surface area contributed by atoms with E-state index in [9.17, 15) is 18.7 Å². The van der Waals surface area contributed by atoms with Gasteiger partial charge in [-0.2, -0.15) is 0 Å². The molecule has 2 fully saturated rings. The number of benzene rings is 2. The van der Waals surface area contributed by atoms with E-state index in [2.05, 4.69) is 4.98 Å². The van der Waals surface area contributed by atoms with E-state index < -0.39 is 24.0 Å². The summed E-state index contributed by atoms with van der Waals surface area (Å²) in [6.07, 6.45) is 4.44. The van der Waals surface area contributed by atoms with Gasteiger partial charge < -0.3 is 14.4 Å². The highest BCUT2D eigenvalue weighted by atomic mass is 19.3. The van der Waals surface area contributed by atoms with Gasteiger partial charge in [-0.15, -0.1) is 0 Å². The number of aromatic nitrogens is 3. The molecule has 220 valence electrons. The molecule has 0 radical (unpaired) electrons. The SMILES string of the molecule is Cc1ccc(COc2ccc3nc(C4CCCCC4C(=O)O)n(C(c4ccccc4)N4CCCC(F)(F)C4)c3c2)nc1. The summed E-state index contributed by atoms with van der Waals surface area (Å²) in [5, 5.41) is 10.2. The van der Waals surface area contributed by atoms with Crippen molar-refractivity contribution in [2.75, 3.05) is 13.1 Å². The van der Waals surface area contributed by atoms with Crippen molar-refractivity contribution >= 4 is 17.0 Å². The van der Waals surface area contributed by atoms with Gasteiger partial charge in [-0.25, -0.2) is 13.8 Å². The number of likely N-dealkylation sites (tertiary alicyclic amines) is 1. The number of imidazole rings is 1. The molecule has 1 saturated heterocycles. The van der Waals surface area contributed by atoms with Gasteiger partial charge in [0.05, 0.1) is 29.2 Å². The number of rotatable bonds is 8. The van der Waals surface area contributed by atoms with E-state index in [0.29, 0.717) is 42.9 Å². The predicted octanol–water partition coefficient (Wildman–Crippen LogP) is 6.96. The van der Waals surface area contributed by atoms with Crippen molar-refractivity contribution in [1.29, 1.82) is 0 Å². The fraction of sp³-hybridized carbons (Fsp3) is 0.424. The first kappa shape index (κ1) is 28.3. The highest BCUT2D eigenvalue weighted by Crippen LogP contribution is 2.43. The van der Waals surface area contributed by atoms with Crippen LogP contribution in [0.4, 0.5) is 8.78 Å². The number of piperidine rings is 1. The van der Waals surface area contributed by atoms with E-state index in [1.807, 2.05) is 77.1 Å². The van der Waals surface area contributed by atoms with Crippen LogP contribution in [0.15, 0.2) is 66.9 Å². The molecule has 1 aliphatic heterocycles. The van der Waals surface area contributed by atoms with Gasteiger partial charge in [-0.3, -0.25) is 14.7 Å². The summed E-state index contributed by atoms with van der Waals surface area (Å²) >= 11 is 0. The third-order valence-electron chi connectivity index (χ3n) is 8.57. The molecule has 4 aromatic rings. The minimum Gasteiger partial charge on any atom is -0.487 e. The maximum absolute atomic E-state index is 14.9. The standard InChI is InChI=1S/C33H36F2N4O3/c1-22-12-13-24(36-19-22)20-42-25-14-15-28-29(18-25)39(30(37-28)26-10-5-6-11-27(26)32(40)41)31(23-8-3-2-4-9-23)38-17-7-16-33(34,35)21-38/h2-4,8-9,12-15,18-19,26-27,31H,5-7,10-11,16-17,20-21H2,1H3,(H,40,41). The molecule has 1 saturated carbocycles. The van der Waals surface area contributed by atoms with Crippen LogP contribution in [0.5, 0.6) is 5.75 Å². The number of carboxylic acids is 1. The summed E-state index contributed by atoms with van der Waals surface area (Å²) in [5.74, 6) is -3.33. The second-order valence-electron chi connectivity index (χ2n) is 11.7. The molecule has 1 aliphatic carbocycles. The Balaban J connectivity index is 1.49. The zero-order valence-corrected chi connectivity index (χ0v) is 23.8. The summed E-state index contributed by atoms with van der Waals surface area (Å²) in [4.78, 5) is 23.7. The van der Waals surface area contributed by atoms with Gasteiger partial charge in [0.2, 0.25) is 0 Å². The van der Waals surface area contributed by atoms with E-state index in [1.165, 1.54) is 0 Å². The molecule has 6 rings (SSSR count). The van der Waals surface area contributed by atoms with Gasteiger partial charge in [0.15, 0.2) is 0 Å². The zero-order valence-electron chi connectivity index (χ0n) is 23.8. The number of ether oxygens (including phenoxy) is 1. The van der Waals surface area contributed by atoms with Crippen LogP contribution in [0.2, 0.25) is 0 Å². The molecular formula is C33H36F2N4O3. The Morgan fingerprint density at radius 2 is 1.90 bits per heavy atom. The van der Waals surface area contributed by atoms with E-state index in [4.69, 9.17) is 9.72 Å². The van der Waals surface area contributed by atoms with E-state index in [-0.39, 0.29) is 25.5 Å². The lowest BCUT2D eigenvalue weighted by Crippen LogP contribution is -2.46. The molecule has 3 unspecified atom stereocenters. The highest BCUT2D eigenvalue weighted by molar-refractivity contribution is 5.79. The molecular weight excluding hydrogens is 538 g/mol. The Labute approximate surface area is 244 Å². The number of halogens is 2. The van der Waals surface area contributed by atoms with E-state index in [0.717, 1.165) is 35.2 Å². The van der Waals surface area contributed by atoms with Crippen molar-refractivity contribution in [2.24, 2.45) is 5.92 Å². The zero-order chi connectivity index (χ0) is 29.3. The van der Waals surface area contributed by atoms with Gasteiger partial charge in [0.1, 0.15) is 24.3 Å². The second-order valence-corrected chi connectivity index (χ2v) is 11.7. The van der Waals surface area contributed by atoms with Crippen molar-refractivity contribution in [3.8, 4) is 5.75 Å². The molecule has 3 heterocycles. The Morgan fingerprint density at radius 1 is 1.10 bits per heavy atom. The van der Waals surface area contributed by atoms with Crippen LogP contribution in [-0.4, -0.2) is 49.5 Å². The molecule has 0 bridgehead atoms. The molecule has 2 aliphatic rings. The van der Waals surface area contributed by atoms with E-state index >= 15 is 0 Å². The summed E-state index contributed by atoms with van der Waals surface area (Å²) < 4.78 is 37.9. The first-order chi connectivity index (χ1) is 20.3. The fourth-order valence-corrected chi connectivity index (χ4v) is 6.53. The highest BCUT2D eigenvalue weighted by Gasteiger charge is 2.42. The number of hydrogen-bond acceptors (Lipinski definition) is 5. The predicted molar refractivity (Wildman–Crippen MR) is 156 cm³/mol. The summed E-state index contributed by atoms with van der Waals surface area (Å²) in [5.41, 5.74) is 4.13. The van der Waals surface area contributed by atoms with Crippen LogP contribution in [0.25, 0.3) is 11.0 Å². The van der Waals surface area contributed by atoms with Crippen molar-refractivity contribution in [2.45, 2.75) is 70.1 Å². The van der Waals surface area contributed by atoms with Gasteiger partial charge >= 0.3 is 5.97 Å². The van der Waals surface area contributed by atoms with Gasteiger partial charge in [0.25, 0.3) is 5.92 Å². The average molecular weight is 575 g/mol. The Morgan fingerprint density at radius 3 is 2.64 bits per heavy atom. The van der Waals surface area contributed by atoms with Crippen molar-refractivity contribution in [1.82, 2.24) is 19.4 Å². The number of alkyl halides is 2.